The predicted octanol–water partition coefficient (Wildman–Crippen LogP) is 1.81. The number of fused-ring (bicyclic) bond motifs is 1. The van der Waals surface area contributed by atoms with Crippen molar-refractivity contribution in [2.45, 2.75) is 19.5 Å². The monoisotopic (exact) mass is 373 g/mol. The first-order valence-electron chi connectivity index (χ1n) is 8.07. The molecule has 8 heteroatoms. The van der Waals surface area contributed by atoms with Gasteiger partial charge in [-0.3, -0.25) is 18.7 Å². The van der Waals surface area contributed by atoms with Crippen LogP contribution in [0.3, 0.4) is 0 Å². The lowest BCUT2D eigenvalue weighted by molar-refractivity contribution is -0.137. The van der Waals surface area contributed by atoms with Gasteiger partial charge in [0, 0.05) is 26.3 Å². The van der Waals surface area contributed by atoms with E-state index in [0.717, 1.165) is 11.3 Å². The highest BCUT2D eigenvalue weighted by Gasteiger charge is 2.15. The number of aryl methyl sites for hydroxylation is 1. The van der Waals surface area contributed by atoms with Gasteiger partial charge in [-0.25, -0.2) is 4.79 Å². The van der Waals surface area contributed by atoms with Crippen LogP contribution in [-0.4, -0.2) is 34.3 Å². The number of anilines is 1. The van der Waals surface area contributed by atoms with E-state index in [1.54, 1.807) is 11.4 Å². The molecule has 0 radical (unpaired) electrons. The standard InChI is InChI=1S/C18H19N3O4S/c1-19(2)13-5-3-12(4-6-13)11-21-17(24)16-14(8-10-26-16)20(18(21)25)9-7-15(22)23/h3-6,8,10H,7,9,11H2,1-2H3,(H,22,23). The minimum Gasteiger partial charge on any atom is -0.481 e. The van der Waals surface area contributed by atoms with Crippen LogP contribution in [0.25, 0.3) is 10.2 Å². The van der Waals surface area contributed by atoms with Crippen molar-refractivity contribution in [3.63, 3.8) is 0 Å². The van der Waals surface area contributed by atoms with Crippen molar-refractivity contribution in [3.8, 4) is 0 Å². The number of nitrogens with zero attached hydrogens (tertiary/aromatic N) is 3. The van der Waals surface area contributed by atoms with E-state index in [0.29, 0.717) is 10.2 Å². The lowest BCUT2D eigenvalue weighted by atomic mass is 10.2. The van der Waals surface area contributed by atoms with Crippen LogP contribution in [0.5, 0.6) is 0 Å². The summed E-state index contributed by atoms with van der Waals surface area (Å²) in [5, 5.41) is 10.7. The SMILES string of the molecule is CN(C)c1ccc(Cn2c(=O)c3sccc3n(CCC(=O)O)c2=O)cc1. The molecule has 2 heterocycles. The summed E-state index contributed by atoms with van der Waals surface area (Å²) < 4.78 is 3.00. The maximum Gasteiger partial charge on any atom is 0.331 e. The molecule has 0 bridgehead atoms. The average Bonchev–Trinajstić information content (AvgIpc) is 3.08. The fourth-order valence-corrected chi connectivity index (χ4v) is 3.62. The third-order valence-corrected chi connectivity index (χ3v) is 5.07. The molecular weight excluding hydrogens is 354 g/mol. The summed E-state index contributed by atoms with van der Waals surface area (Å²) in [5.41, 5.74) is 1.51. The van der Waals surface area contributed by atoms with Gasteiger partial charge in [0.2, 0.25) is 0 Å². The summed E-state index contributed by atoms with van der Waals surface area (Å²) in [6.45, 7) is 0.174. The first-order valence-corrected chi connectivity index (χ1v) is 8.95. The highest BCUT2D eigenvalue weighted by atomic mass is 32.1. The van der Waals surface area contributed by atoms with Crippen LogP contribution in [0, 0.1) is 0 Å². The quantitative estimate of drug-likeness (QED) is 0.712. The molecule has 0 aliphatic rings. The lowest BCUT2D eigenvalue weighted by Gasteiger charge is -2.14. The van der Waals surface area contributed by atoms with E-state index in [1.165, 1.54) is 20.5 Å². The predicted molar refractivity (Wildman–Crippen MR) is 102 cm³/mol. The van der Waals surface area contributed by atoms with Crippen LogP contribution < -0.4 is 16.1 Å². The Balaban J connectivity index is 2.06. The average molecular weight is 373 g/mol. The number of aliphatic carboxylic acids is 1. The highest BCUT2D eigenvalue weighted by Crippen LogP contribution is 2.16. The first kappa shape index (κ1) is 17.9. The van der Waals surface area contributed by atoms with Gasteiger partial charge in [0.1, 0.15) is 4.70 Å². The smallest absolute Gasteiger partial charge is 0.331 e. The maximum absolute atomic E-state index is 12.8. The van der Waals surface area contributed by atoms with Gasteiger partial charge in [0.05, 0.1) is 18.5 Å². The number of carboxylic acids is 1. The second kappa shape index (κ2) is 7.17. The second-order valence-electron chi connectivity index (χ2n) is 6.17. The van der Waals surface area contributed by atoms with E-state index in [-0.39, 0.29) is 25.1 Å². The molecule has 0 aliphatic heterocycles. The summed E-state index contributed by atoms with van der Waals surface area (Å²) in [4.78, 5) is 38.4. The van der Waals surface area contributed by atoms with Crippen molar-refractivity contribution in [1.82, 2.24) is 9.13 Å². The van der Waals surface area contributed by atoms with Crippen molar-refractivity contribution >= 4 is 33.2 Å². The Morgan fingerprint density at radius 1 is 1.12 bits per heavy atom. The van der Waals surface area contributed by atoms with Gasteiger partial charge in [-0.1, -0.05) is 12.1 Å². The van der Waals surface area contributed by atoms with Gasteiger partial charge in [-0.2, -0.15) is 0 Å². The van der Waals surface area contributed by atoms with Crippen LogP contribution in [0.2, 0.25) is 0 Å². The van der Waals surface area contributed by atoms with E-state index in [1.807, 2.05) is 43.3 Å². The molecule has 26 heavy (non-hydrogen) atoms. The van der Waals surface area contributed by atoms with Crippen LogP contribution in [0.4, 0.5) is 5.69 Å². The summed E-state index contributed by atoms with van der Waals surface area (Å²) >= 11 is 1.25. The molecule has 0 spiro atoms. The molecule has 2 aromatic heterocycles. The summed E-state index contributed by atoms with van der Waals surface area (Å²) in [7, 11) is 3.87. The Bertz CT molecular complexity index is 1060. The Kier molecular flexibility index (Phi) is 4.94. The Morgan fingerprint density at radius 3 is 2.42 bits per heavy atom. The molecule has 0 atom stereocenters. The molecule has 1 aromatic carbocycles. The third-order valence-electron chi connectivity index (χ3n) is 4.18. The number of aromatic nitrogens is 2. The van der Waals surface area contributed by atoms with Crippen molar-refractivity contribution in [1.29, 1.82) is 0 Å². The summed E-state index contributed by atoms with van der Waals surface area (Å²) in [6.07, 6.45) is -0.180. The zero-order chi connectivity index (χ0) is 18.8. The molecule has 0 amide bonds. The summed E-state index contributed by atoms with van der Waals surface area (Å²) in [6, 6.07) is 9.28. The van der Waals surface area contributed by atoms with Crippen molar-refractivity contribution in [2.75, 3.05) is 19.0 Å². The van der Waals surface area contributed by atoms with Gasteiger partial charge < -0.3 is 10.0 Å². The number of hydrogen-bond donors (Lipinski definition) is 1. The molecule has 136 valence electrons. The number of thiophene rings is 1. The molecule has 1 N–H and O–H groups in total. The van der Waals surface area contributed by atoms with Crippen molar-refractivity contribution in [3.05, 3.63) is 62.1 Å². The molecule has 0 saturated carbocycles. The van der Waals surface area contributed by atoms with E-state index in [2.05, 4.69) is 0 Å². The third kappa shape index (κ3) is 3.41. The molecule has 0 fully saturated rings. The van der Waals surface area contributed by atoms with E-state index in [4.69, 9.17) is 5.11 Å². The number of hydrogen-bond acceptors (Lipinski definition) is 5. The van der Waals surface area contributed by atoms with Gasteiger partial charge >= 0.3 is 11.7 Å². The van der Waals surface area contributed by atoms with Gasteiger partial charge in [0.25, 0.3) is 5.56 Å². The van der Waals surface area contributed by atoms with Gasteiger partial charge in [0.15, 0.2) is 0 Å². The highest BCUT2D eigenvalue weighted by molar-refractivity contribution is 7.17. The molecule has 0 unspecified atom stereocenters. The molecule has 3 rings (SSSR count). The zero-order valence-corrected chi connectivity index (χ0v) is 15.3. The number of carboxylic acid groups (broad SMARTS) is 1. The molecular formula is C18H19N3O4S. The Labute approximate surface area is 153 Å². The molecule has 0 aliphatic carbocycles. The minimum atomic E-state index is -0.989. The van der Waals surface area contributed by atoms with E-state index in [9.17, 15) is 14.4 Å². The fraction of sp³-hybridized carbons (Fsp3) is 0.278. The normalized spacial score (nSPS) is 11.0. The zero-order valence-electron chi connectivity index (χ0n) is 14.5. The Morgan fingerprint density at radius 2 is 1.81 bits per heavy atom. The number of carbonyl (C=O) groups is 1. The minimum absolute atomic E-state index is 0.0290. The maximum atomic E-state index is 12.8. The number of rotatable bonds is 6. The molecule has 3 aromatic rings. The van der Waals surface area contributed by atoms with Gasteiger partial charge in [-0.15, -0.1) is 11.3 Å². The van der Waals surface area contributed by atoms with E-state index < -0.39 is 11.7 Å². The van der Waals surface area contributed by atoms with Crippen molar-refractivity contribution < 1.29 is 9.90 Å². The topological polar surface area (TPSA) is 84.5 Å². The van der Waals surface area contributed by atoms with Gasteiger partial charge in [-0.05, 0) is 29.1 Å². The number of benzene rings is 1. The van der Waals surface area contributed by atoms with Crippen LogP contribution in [0.1, 0.15) is 12.0 Å². The van der Waals surface area contributed by atoms with Crippen molar-refractivity contribution in [2.24, 2.45) is 0 Å². The van der Waals surface area contributed by atoms with E-state index >= 15 is 0 Å². The van der Waals surface area contributed by atoms with Crippen LogP contribution in [-0.2, 0) is 17.9 Å². The molecule has 7 nitrogen and oxygen atoms in total. The second-order valence-corrected chi connectivity index (χ2v) is 7.08. The summed E-state index contributed by atoms with van der Waals surface area (Å²) in [5.74, 6) is -0.989. The largest absolute Gasteiger partial charge is 0.481 e. The fourth-order valence-electron chi connectivity index (χ4n) is 2.78. The lowest BCUT2D eigenvalue weighted by Crippen LogP contribution is -2.40. The molecule has 0 saturated heterocycles. The first-order chi connectivity index (χ1) is 12.4. The van der Waals surface area contributed by atoms with Crippen LogP contribution >= 0.6 is 11.3 Å². The Hall–Kier alpha value is -2.87. The van der Waals surface area contributed by atoms with Crippen LogP contribution in [0.15, 0.2) is 45.3 Å².